The SMILES string of the molecule is O=C([O-])CS(=O)(=O)CC(=O)[O-].[Ag+].[Ag+]. The first-order valence-electron chi connectivity index (χ1n) is 2.43. The molecular weight excluding hydrogens is 392 g/mol. The molecule has 0 N–H and O–H groups in total. The fourth-order valence-corrected chi connectivity index (χ4v) is 1.23. The Bertz CT molecular complexity index is 248. The van der Waals surface area contributed by atoms with E-state index in [0.717, 1.165) is 0 Å². The summed E-state index contributed by atoms with van der Waals surface area (Å²) in [5.74, 6) is -6.24. The molecule has 0 atom stereocenters. The van der Waals surface area contributed by atoms with Crippen molar-refractivity contribution in [2.24, 2.45) is 0 Å². The Balaban J connectivity index is -0.000000500. The van der Waals surface area contributed by atoms with E-state index in [1.165, 1.54) is 0 Å². The molecule has 0 radical (unpaired) electrons. The molecule has 0 aliphatic carbocycles. The van der Waals surface area contributed by atoms with Crippen molar-refractivity contribution in [3.05, 3.63) is 0 Å². The van der Waals surface area contributed by atoms with Gasteiger partial charge in [0.05, 0.1) is 23.4 Å². The predicted octanol–water partition coefficient (Wildman–Crippen LogP) is -4.10. The van der Waals surface area contributed by atoms with E-state index in [0.29, 0.717) is 0 Å². The van der Waals surface area contributed by atoms with Crippen LogP contribution in [0, 0.1) is 0 Å². The molecule has 0 heterocycles. The maximum Gasteiger partial charge on any atom is 1.00 e. The van der Waals surface area contributed by atoms with Crippen LogP contribution in [0.5, 0.6) is 0 Å². The quantitative estimate of drug-likeness (QED) is 0.447. The zero-order valence-corrected chi connectivity index (χ0v) is 9.66. The molecule has 0 rings (SSSR count). The monoisotopic (exact) mass is 394 g/mol. The van der Waals surface area contributed by atoms with Crippen molar-refractivity contribution in [3.8, 4) is 0 Å². The number of carbonyl (C=O) groups excluding carboxylic acids is 2. The number of carboxylic acid groups (broad SMARTS) is 2. The van der Waals surface area contributed by atoms with E-state index < -0.39 is 33.3 Å². The summed E-state index contributed by atoms with van der Waals surface area (Å²) < 4.78 is 20.8. The number of rotatable bonds is 4. The number of sulfone groups is 1. The van der Waals surface area contributed by atoms with Gasteiger partial charge in [0.1, 0.15) is 0 Å². The molecule has 0 spiro atoms. The molecule has 0 aliphatic heterocycles. The van der Waals surface area contributed by atoms with Crippen molar-refractivity contribution < 1.29 is 73.0 Å². The van der Waals surface area contributed by atoms with Crippen LogP contribution in [-0.2, 0) is 64.2 Å². The van der Waals surface area contributed by atoms with Gasteiger partial charge < -0.3 is 19.8 Å². The van der Waals surface area contributed by atoms with Gasteiger partial charge in [0.25, 0.3) is 0 Å². The largest absolute Gasteiger partial charge is 1.00 e. The first-order valence-corrected chi connectivity index (χ1v) is 4.26. The molecule has 0 amide bonds. The second kappa shape index (κ2) is 7.74. The van der Waals surface area contributed by atoms with Crippen LogP contribution in [0.15, 0.2) is 0 Å². The molecule has 0 aromatic carbocycles. The molecule has 0 aromatic rings. The van der Waals surface area contributed by atoms with E-state index in [-0.39, 0.29) is 44.8 Å². The number of aliphatic carboxylic acids is 2. The molecule has 0 fully saturated rings. The summed E-state index contributed by atoms with van der Waals surface area (Å²) in [7, 11) is -4.10. The summed E-state index contributed by atoms with van der Waals surface area (Å²) in [4.78, 5) is 19.4. The average Bonchev–Trinajstić information content (AvgIpc) is 1.53. The molecule has 84 valence electrons. The minimum Gasteiger partial charge on any atom is -0.549 e. The van der Waals surface area contributed by atoms with E-state index in [2.05, 4.69) is 0 Å². The van der Waals surface area contributed by atoms with Crippen LogP contribution in [0.4, 0.5) is 0 Å². The second-order valence-corrected chi connectivity index (χ2v) is 3.84. The van der Waals surface area contributed by atoms with E-state index in [1.807, 2.05) is 0 Å². The third-order valence-electron chi connectivity index (χ3n) is 0.676. The van der Waals surface area contributed by atoms with Crippen LogP contribution in [0.25, 0.3) is 0 Å². The average molecular weight is 396 g/mol. The summed E-state index contributed by atoms with van der Waals surface area (Å²) >= 11 is 0. The van der Waals surface area contributed by atoms with Gasteiger partial charge in [-0.15, -0.1) is 0 Å². The summed E-state index contributed by atoms with van der Waals surface area (Å²) in [6.07, 6.45) is 0. The Labute approximate surface area is 106 Å². The fourth-order valence-electron chi connectivity index (χ4n) is 0.410. The Morgan fingerprint density at radius 1 is 0.923 bits per heavy atom. The minimum atomic E-state index is -4.10. The maximum absolute atomic E-state index is 10.4. The summed E-state index contributed by atoms with van der Waals surface area (Å²) in [5.41, 5.74) is 0. The van der Waals surface area contributed by atoms with E-state index in [4.69, 9.17) is 0 Å². The zero-order chi connectivity index (χ0) is 9.07. The third-order valence-corrected chi connectivity index (χ3v) is 2.03. The molecule has 0 unspecified atom stereocenters. The minimum absolute atomic E-state index is 0. The van der Waals surface area contributed by atoms with Gasteiger partial charge in [-0.2, -0.15) is 0 Å². The Hall–Kier alpha value is 0.371. The molecule has 0 saturated heterocycles. The van der Waals surface area contributed by atoms with Crippen molar-refractivity contribution in [1.29, 1.82) is 0 Å². The number of hydrogen-bond acceptors (Lipinski definition) is 6. The molecule has 0 aromatic heterocycles. The van der Waals surface area contributed by atoms with Crippen LogP contribution in [0.2, 0.25) is 0 Å². The molecule has 0 saturated carbocycles. The Kier molecular flexibility index (Phi) is 11.3. The topological polar surface area (TPSA) is 114 Å². The number of carboxylic acids is 2. The van der Waals surface area contributed by atoms with Gasteiger partial charge in [0, 0.05) is 0 Å². The third kappa shape index (κ3) is 12.4. The van der Waals surface area contributed by atoms with Gasteiger partial charge in [-0.25, -0.2) is 8.42 Å². The summed E-state index contributed by atoms with van der Waals surface area (Å²) in [5, 5.41) is 19.4. The van der Waals surface area contributed by atoms with E-state index in [9.17, 15) is 28.2 Å². The summed E-state index contributed by atoms with van der Waals surface area (Å²) in [6, 6.07) is 0. The van der Waals surface area contributed by atoms with Gasteiger partial charge >= 0.3 is 44.8 Å². The van der Waals surface area contributed by atoms with Crippen LogP contribution in [0.3, 0.4) is 0 Å². The van der Waals surface area contributed by atoms with Crippen LogP contribution >= 0.6 is 0 Å². The van der Waals surface area contributed by atoms with Gasteiger partial charge in [0.15, 0.2) is 9.84 Å². The Morgan fingerprint density at radius 2 is 1.15 bits per heavy atom. The number of carbonyl (C=O) groups is 2. The van der Waals surface area contributed by atoms with Crippen molar-refractivity contribution in [2.45, 2.75) is 0 Å². The van der Waals surface area contributed by atoms with Crippen molar-refractivity contribution in [3.63, 3.8) is 0 Å². The van der Waals surface area contributed by atoms with Crippen LogP contribution in [-0.4, -0.2) is 31.9 Å². The first-order chi connectivity index (χ1) is 4.83. The molecular formula is C4H4Ag2O6S. The summed E-state index contributed by atoms with van der Waals surface area (Å²) in [6.45, 7) is 0. The molecule has 9 heteroatoms. The first kappa shape index (κ1) is 19.0. The number of hydrogen-bond donors (Lipinski definition) is 0. The van der Waals surface area contributed by atoms with Gasteiger partial charge in [0.2, 0.25) is 0 Å². The zero-order valence-electron chi connectivity index (χ0n) is 5.87. The smallest absolute Gasteiger partial charge is 0.549 e. The van der Waals surface area contributed by atoms with Crippen molar-refractivity contribution >= 4 is 21.8 Å². The maximum atomic E-state index is 10.4. The standard InChI is InChI=1S/C4H6O6S.2Ag/c5-3(6)1-11(9,10)2-4(7)8;;/h1-2H2,(H,5,6)(H,7,8);;/q;2*+1/p-2. The van der Waals surface area contributed by atoms with Gasteiger partial charge in [-0.1, -0.05) is 0 Å². The van der Waals surface area contributed by atoms with Crippen molar-refractivity contribution in [1.82, 2.24) is 0 Å². The van der Waals surface area contributed by atoms with Gasteiger partial charge in [-0.3, -0.25) is 0 Å². The second-order valence-electron chi connectivity index (χ2n) is 1.78. The van der Waals surface area contributed by atoms with Crippen LogP contribution in [0.1, 0.15) is 0 Å². The van der Waals surface area contributed by atoms with E-state index in [1.54, 1.807) is 0 Å². The predicted molar refractivity (Wildman–Crippen MR) is 28.7 cm³/mol. The van der Waals surface area contributed by atoms with Gasteiger partial charge in [-0.05, 0) is 0 Å². The fraction of sp³-hybridized carbons (Fsp3) is 0.500. The molecule has 13 heavy (non-hydrogen) atoms. The Morgan fingerprint density at radius 3 is 1.31 bits per heavy atom. The van der Waals surface area contributed by atoms with Crippen LogP contribution < -0.4 is 10.2 Å². The van der Waals surface area contributed by atoms with Crippen molar-refractivity contribution in [2.75, 3.05) is 11.5 Å². The van der Waals surface area contributed by atoms with E-state index >= 15 is 0 Å². The molecule has 0 aliphatic rings. The molecule has 6 nitrogen and oxygen atoms in total. The normalized spacial score (nSPS) is 9.23. The molecule has 0 bridgehead atoms.